The molecule has 0 spiro atoms. The van der Waals surface area contributed by atoms with Gasteiger partial charge in [-0.05, 0) is 69.7 Å². The van der Waals surface area contributed by atoms with E-state index in [0.29, 0.717) is 12.1 Å². The van der Waals surface area contributed by atoms with Gasteiger partial charge in [-0.15, -0.1) is 0 Å². The standard InChI is InChI=1S/C24H30ClN3O2/c1-15-11-23(26-20-7-5-19(25)6-8-20)22-12-21(9-10-24(22)28(15)18(4)29)27-16(2)13-30-14-17(27)3/h5-10,12,15-17,23,26H,11,13-14H2,1-4H3/t15?,16-,17+,23?. The molecule has 0 saturated carbocycles. The van der Waals surface area contributed by atoms with Crippen LogP contribution in [-0.2, 0) is 9.53 Å². The number of halogens is 1. The van der Waals surface area contributed by atoms with Gasteiger partial charge in [0.05, 0.1) is 19.3 Å². The highest BCUT2D eigenvalue weighted by Gasteiger charge is 2.34. The van der Waals surface area contributed by atoms with Crippen LogP contribution in [0.5, 0.6) is 0 Å². The van der Waals surface area contributed by atoms with Crippen LogP contribution < -0.4 is 15.1 Å². The van der Waals surface area contributed by atoms with Crippen molar-refractivity contribution in [1.29, 1.82) is 0 Å². The first-order valence-corrected chi connectivity index (χ1v) is 11.0. The van der Waals surface area contributed by atoms with E-state index >= 15 is 0 Å². The van der Waals surface area contributed by atoms with Gasteiger partial charge in [0.15, 0.2) is 0 Å². The fourth-order valence-corrected chi connectivity index (χ4v) is 5.02. The van der Waals surface area contributed by atoms with E-state index in [4.69, 9.17) is 16.3 Å². The van der Waals surface area contributed by atoms with E-state index < -0.39 is 0 Å². The van der Waals surface area contributed by atoms with Crippen molar-refractivity contribution in [3.05, 3.63) is 53.1 Å². The lowest BCUT2D eigenvalue weighted by atomic mass is 9.90. The van der Waals surface area contributed by atoms with Crippen molar-refractivity contribution in [1.82, 2.24) is 0 Å². The van der Waals surface area contributed by atoms with Crippen molar-refractivity contribution >= 4 is 34.6 Å². The zero-order valence-electron chi connectivity index (χ0n) is 18.1. The minimum absolute atomic E-state index is 0.0783. The summed E-state index contributed by atoms with van der Waals surface area (Å²) < 4.78 is 5.71. The molecule has 4 rings (SSSR count). The van der Waals surface area contributed by atoms with Crippen LogP contribution in [0.3, 0.4) is 0 Å². The van der Waals surface area contributed by atoms with E-state index in [0.717, 1.165) is 41.6 Å². The molecule has 0 aromatic heterocycles. The predicted octanol–water partition coefficient (Wildman–Crippen LogP) is 5.25. The number of hydrogen-bond donors (Lipinski definition) is 1. The molecule has 1 saturated heterocycles. The molecular weight excluding hydrogens is 398 g/mol. The monoisotopic (exact) mass is 427 g/mol. The van der Waals surface area contributed by atoms with Gasteiger partial charge in [0, 0.05) is 52.7 Å². The Kier molecular flexibility index (Phi) is 5.94. The zero-order chi connectivity index (χ0) is 21.4. The van der Waals surface area contributed by atoms with E-state index in [1.165, 1.54) is 5.69 Å². The number of nitrogens with zero attached hydrogens (tertiary/aromatic N) is 2. The molecule has 0 aliphatic carbocycles. The fraction of sp³-hybridized carbons (Fsp3) is 0.458. The van der Waals surface area contributed by atoms with Crippen LogP contribution in [0.2, 0.25) is 5.02 Å². The molecule has 4 atom stereocenters. The maximum absolute atomic E-state index is 12.4. The summed E-state index contributed by atoms with van der Waals surface area (Å²) in [6, 6.07) is 15.1. The first-order valence-electron chi connectivity index (χ1n) is 10.7. The summed E-state index contributed by atoms with van der Waals surface area (Å²) >= 11 is 6.06. The van der Waals surface area contributed by atoms with Gasteiger partial charge in [0.1, 0.15) is 0 Å². The summed E-state index contributed by atoms with van der Waals surface area (Å²) in [5.41, 5.74) is 4.35. The summed E-state index contributed by atoms with van der Waals surface area (Å²) in [7, 11) is 0. The molecule has 2 aromatic carbocycles. The topological polar surface area (TPSA) is 44.8 Å². The number of carbonyl (C=O) groups is 1. The number of anilines is 3. The minimum Gasteiger partial charge on any atom is -0.378 e. The Labute approximate surface area is 184 Å². The molecular formula is C24H30ClN3O2. The number of benzene rings is 2. The maximum Gasteiger partial charge on any atom is 0.224 e. The average Bonchev–Trinajstić information content (AvgIpc) is 2.69. The summed E-state index contributed by atoms with van der Waals surface area (Å²) in [4.78, 5) is 16.8. The summed E-state index contributed by atoms with van der Waals surface area (Å²) in [6.45, 7) is 9.61. The SMILES string of the molecule is CC(=O)N1c2ccc(N3[C@H](C)COC[C@@H]3C)cc2C(Nc2ccc(Cl)cc2)CC1C. The Balaban J connectivity index is 1.74. The lowest BCUT2D eigenvalue weighted by molar-refractivity contribution is -0.117. The summed E-state index contributed by atoms with van der Waals surface area (Å²) in [5.74, 6) is 0.0783. The van der Waals surface area contributed by atoms with Crippen molar-refractivity contribution < 1.29 is 9.53 Å². The van der Waals surface area contributed by atoms with Gasteiger partial charge in [0.2, 0.25) is 5.91 Å². The zero-order valence-corrected chi connectivity index (χ0v) is 18.8. The molecule has 2 heterocycles. The van der Waals surface area contributed by atoms with Crippen molar-refractivity contribution in [3.63, 3.8) is 0 Å². The van der Waals surface area contributed by atoms with Crippen LogP contribution >= 0.6 is 11.6 Å². The first-order chi connectivity index (χ1) is 14.3. The second-order valence-corrected chi connectivity index (χ2v) is 9.00. The van der Waals surface area contributed by atoms with E-state index in [9.17, 15) is 4.79 Å². The number of hydrogen-bond acceptors (Lipinski definition) is 4. The molecule has 1 amide bonds. The highest BCUT2D eigenvalue weighted by atomic mass is 35.5. The van der Waals surface area contributed by atoms with Gasteiger partial charge in [-0.25, -0.2) is 0 Å². The van der Waals surface area contributed by atoms with Crippen molar-refractivity contribution in [3.8, 4) is 0 Å². The molecule has 0 radical (unpaired) electrons. The number of fused-ring (bicyclic) bond motifs is 1. The number of rotatable bonds is 3. The van der Waals surface area contributed by atoms with Gasteiger partial charge in [0.25, 0.3) is 0 Å². The molecule has 2 unspecified atom stereocenters. The Morgan fingerprint density at radius 2 is 1.70 bits per heavy atom. The van der Waals surface area contributed by atoms with E-state index in [-0.39, 0.29) is 18.0 Å². The maximum atomic E-state index is 12.4. The highest BCUT2D eigenvalue weighted by Crippen LogP contribution is 2.41. The largest absolute Gasteiger partial charge is 0.378 e. The lowest BCUT2D eigenvalue weighted by Gasteiger charge is -2.43. The van der Waals surface area contributed by atoms with Gasteiger partial charge in [-0.2, -0.15) is 0 Å². The molecule has 2 aromatic rings. The molecule has 160 valence electrons. The molecule has 5 nitrogen and oxygen atoms in total. The Hall–Kier alpha value is -2.24. The highest BCUT2D eigenvalue weighted by molar-refractivity contribution is 6.30. The van der Waals surface area contributed by atoms with Crippen LogP contribution in [0, 0.1) is 0 Å². The number of morpholine rings is 1. The van der Waals surface area contributed by atoms with Crippen LogP contribution in [-0.4, -0.2) is 37.2 Å². The van der Waals surface area contributed by atoms with Crippen LogP contribution in [0.1, 0.15) is 45.7 Å². The average molecular weight is 428 g/mol. The summed E-state index contributed by atoms with van der Waals surface area (Å²) in [6.07, 6.45) is 0.840. The van der Waals surface area contributed by atoms with Gasteiger partial charge in [-0.1, -0.05) is 11.6 Å². The van der Waals surface area contributed by atoms with Gasteiger partial charge in [-0.3, -0.25) is 4.79 Å². The van der Waals surface area contributed by atoms with E-state index in [1.807, 2.05) is 29.2 Å². The molecule has 2 aliphatic heterocycles. The second-order valence-electron chi connectivity index (χ2n) is 8.56. The van der Waals surface area contributed by atoms with Crippen LogP contribution in [0.15, 0.2) is 42.5 Å². The Morgan fingerprint density at radius 3 is 2.33 bits per heavy atom. The van der Waals surface area contributed by atoms with Crippen LogP contribution in [0.4, 0.5) is 17.1 Å². The third-order valence-electron chi connectivity index (χ3n) is 6.15. The Bertz CT molecular complexity index is 907. The first kappa shape index (κ1) is 21.0. The number of ether oxygens (including phenoxy) is 1. The fourth-order valence-electron chi connectivity index (χ4n) is 4.89. The number of amides is 1. The third kappa shape index (κ3) is 4.01. The van der Waals surface area contributed by atoms with E-state index in [1.54, 1.807) is 6.92 Å². The predicted molar refractivity (Wildman–Crippen MR) is 124 cm³/mol. The third-order valence-corrected chi connectivity index (χ3v) is 6.41. The molecule has 0 bridgehead atoms. The minimum atomic E-state index is 0.0783. The summed E-state index contributed by atoms with van der Waals surface area (Å²) in [5, 5.41) is 4.39. The van der Waals surface area contributed by atoms with Crippen molar-refractivity contribution in [2.45, 2.75) is 58.3 Å². The normalized spacial score (nSPS) is 26.3. The van der Waals surface area contributed by atoms with Crippen LogP contribution in [0.25, 0.3) is 0 Å². The van der Waals surface area contributed by atoms with Gasteiger partial charge < -0.3 is 19.9 Å². The number of carbonyl (C=O) groups excluding carboxylic acids is 1. The smallest absolute Gasteiger partial charge is 0.224 e. The second kappa shape index (κ2) is 8.48. The van der Waals surface area contributed by atoms with Crippen molar-refractivity contribution in [2.75, 3.05) is 28.3 Å². The van der Waals surface area contributed by atoms with Crippen molar-refractivity contribution in [2.24, 2.45) is 0 Å². The van der Waals surface area contributed by atoms with Gasteiger partial charge >= 0.3 is 0 Å². The molecule has 1 N–H and O–H groups in total. The molecule has 2 aliphatic rings. The lowest BCUT2D eigenvalue weighted by Crippen LogP contribution is -2.50. The number of nitrogens with one attached hydrogen (secondary N) is 1. The quantitative estimate of drug-likeness (QED) is 0.726. The molecule has 30 heavy (non-hydrogen) atoms. The molecule has 1 fully saturated rings. The Morgan fingerprint density at radius 1 is 1.03 bits per heavy atom. The van der Waals surface area contributed by atoms with E-state index in [2.05, 4.69) is 49.2 Å². The molecule has 6 heteroatoms.